The smallest absolute Gasteiger partial charge is 0.166 e. The van der Waals surface area contributed by atoms with Gasteiger partial charge in [0.2, 0.25) is 0 Å². The first kappa shape index (κ1) is 8.74. The molecular weight excluding hydrogens is 160 g/mol. The molecule has 1 aliphatic rings. The van der Waals surface area contributed by atoms with Gasteiger partial charge in [-0.05, 0) is 12.2 Å². The van der Waals surface area contributed by atoms with Crippen LogP contribution in [0, 0.1) is 5.41 Å². The number of thiocarbonyl (C=S) groups is 1. The average Bonchev–Trinajstić information content (AvgIpc) is 1.96. The van der Waals surface area contributed by atoms with Gasteiger partial charge in [0.05, 0.1) is 13.2 Å². The van der Waals surface area contributed by atoms with Gasteiger partial charge < -0.3 is 15.4 Å². The molecule has 11 heavy (non-hydrogen) atoms. The lowest BCUT2D eigenvalue weighted by Gasteiger charge is -2.38. The molecule has 4 heteroatoms. The third-order valence-electron chi connectivity index (χ3n) is 1.80. The summed E-state index contributed by atoms with van der Waals surface area (Å²) in [5, 5.41) is 6.69. The van der Waals surface area contributed by atoms with E-state index >= 15 is 0 Å². The summed E-state index contributed by atoms with van der Waals surface area (Å²) in [5.41, 5.74) is 0.293. The second-order valence-corrected chi connectivity index (χ2v) is 3.64. The topological polar surface area (TPSA) is 33.3 Å². The third kappa shape index (κ3) is 2.31. The number of rotatable bonds is 2. The summed E-state index contributed by atoms with van der Waals surface area (Å²) in [5.74, 6) is 0. The van der Waals surface area contributed by atoms with Crippen molar-refractivity contribution < 1.29 is 4.74 Å². The standard InChI is InChI=1S/C7H14N2OS/c1-7(4-10-5-7)3-9-6(11)8-2/h3-5H2,1-2H3,(H2,8,9,11). The predicted molar refractivity (Wildman–Crippen MR) is 48.6 cm³/mol. The van der Waals surface area contributed by atoms with E-state index in [1.807, 2.05) is 7.05 Å². The molecule has 2 N–H and O–H groups in total. The van der Waals surface area contributed by atoms with E-state index in [-0.39, 0.29) is 0 Å². The molecule has 0 radical (unpaired) electrons. The van der Waals surface area contributed by atoms with Crippen molar-refractivity contribution in [3.05, 3.63) is 0 Å². The van der Waals surface area contributed by atoms with Gasteiger partial charge in [-0.1, -0.05) is 6.92 Å². The normalized spacial score (nSPS) is 20.2. The van der Waals surface area contributed by atoms with E-state index in [9.17, 15) is 0 Å². The number of hydrogen-bond acceptors (Lipinski definition) is 2. The third-order valence-corrected chi connectivity index (χ3v) is 2.15. The summed E-state index contributed by atoms with van der Waals surface area (Å²) in [4.78, 5) is 0. The number of nitrogens with one attached hydrogen (secondary N) is 2. The molecule has 0 aromatic carbocycles. The van der Waals surface area contributed by atoms with Crippen molar-refractivity contribution in [3.8, 4) is 0 Å². The highest BCUT2D eigenvalue weighted by Crippen LogP contribution is 2.24. The van der Waals surface area contributed by atoms with Crippen molar-refractivity contribution in [2.24, 2.45) is 5.41 Å². The van der Waals surface area contributed by atoms with Crippen molar-refractivity contribution >= 4 is 17.3 Å². The summed E-state index contributed by atoms with van der Waals surface area (Å²) >= 11 is 4.93. The zero-order valence-corrected chi connectivity index (χ0v) is 7.75. The van der Waals surface area contributed by atoms with Gasteiger partial charge in [-0.25, -0.2) is 0 Å². The summed E-state index contributed by atoms with van der Waals surface area (Å²) in [6, 6.07) is 0. The van der Waals surface area contributed by atoms with Gasteiger partial charge in [-0.3, -0.25) is 0 Å². The van der Waals surface area contributed by atoms with Crippen LogP contribution in [0.15, 0.2) is 0 Å². The van der Waals surface area contributed by atoms with Crippen LogP contribution in [-0.4, -0.2) is 31.9 Å². The lowest BCUT2D eigenvalue weighted by atomic mass is 9.89. The van der Waals surface area contributed by atoms with E-state index in [2.05, 4.69) is 17.6 Å². The summed E-state index contributed by atoms with van der Waals surface area (Å²) in [7, 11) is 1.81. The van der Waals surface area contributed by atoms with E-state index in [4.69, 9.17) is 17.0 Å². The SMILES string of the molecule is CNC(=S)NCC1(C)COC1. The fourth-order valence-corrected chi connectivity index (χ4v) is 1.01. The van der Waals surface area contributed by atoms with Gasteiger partial charge in [0.15, 0.2) is 5.11 Å². The first-order valence-corrected chi connectivity index (χ1v) is 4.10. The summed E-state index contributed by atoms with van der Waals surface area (Å²) in [6.07, 6.45) is 0. The molecule has 0 atom stereocenters. The maximum absolute atomic E-state index is 5.10. The quantitative estimate of drug-likeness (QED) is 0.582. The number of ether oxygens (including phenoxy) is 1. The average molecular weight is 174 g/mol. The van der Waals surface area contributed by atoms with E-state index in [1.165, 1.54) is 0 Å². The van der Waals surface area contributed by atoms with Crippen molar-refractivity contribution in [3.63, 3.8) is 0 Å². The van der Waals surface area contributed by atoms with Gasteiger partial charge in [-0.2, -0.15) is 0 Å². The van der Waals surface area contributed by atoms with Crippen LogP contribution in [0.2, 0.25) is 0 Å². The maximum atomic E-state index is 5.10. The van der Waals surface area contributed by atoms with Crippen LogP contribution in [0.25, 0.3) is 0 Å². The molecule has 1 fully saturated rings. The second-order valence-electron chi connectivity index (χ2n) is 3.24. The molecule has 0 saturated carbocycles. The first-order valence-electron chi connectivity index (χ1n) is 3.70. The summed E-state index contributed by atoms with van der Waals surface area (Å²) < 4.78 is 5.10. The van der Waals surface area contributed by atoms with Crippen LogP contribution in [0.1, 0.15) is 6.92 Å². The molecule has 0 unspecified atom stereocenters. The largest absolute Gasteiger partial charge is 0.380 e. The fourth-order valence-electron chi connectivity index (χ4n) is 0.935. The molecule has 0 aliphatic carbocycles. The summed E-state index contributed by atoms with van der Waals surface area (Å²) in [6.45, 7) is 4.76. The van der Waals surface area contributed by atoms with E-state index in [0.29, 0.717) is 10.5 Å². The van der Waals surface area contributed by atoms with E-state index in [1.54, 1.807) is 0 Å². The van der Waals surface area contributed by atoms with Gasteiger partial charge in [0, 0.05) is 19.0 Å². The lowest BCUT2D eigenvalue weighted by molar-refractivity contribution is -0.0970. The molecule has 0 bridgehead atoms. The van der Waals surface area contributed by atoms with E-state index < -0.39 is 0 Å². The molecule has 0 amide bonds. The van der Waals surface area contributed by atoms with E-state index in [0.717, 1.165) is 19.8 Å². The highest BCUT2D eigenvalue weighted by Gasteiger charge is 2.32. The minimum absolute atomic E-state index is 0.293. The maximum Gasteiger partial charge on any atom is 0.166 e. The zero-order chi connectivity index (χ0) is 8.32. The molecule has 1 aliphatic heterocycles. The minimum Gasteiger partial charge on any atom is -0.380 e. The Morgan fingerprint density at radius 3 is 2.64 bits per heavy atom. The van der Waals surface area contributed by atoms with Crippen LogP contribution in [0.4, 0.5) is 0 Å². The Labute approximate surface area is 72.5 Å². The molecule has 1 heterocycles. The van der Waals surface area contributed by atoms with Crippen molar-refractivity contribution in [2.75, 3.05) is 26.8 Å². The predicted octanol–water partition coefficient (Wildman–Crippen LogP) is 0.117. The minimum atomic E-state index is 0.293. The monoisotopic (exact) mass is 174 g/mol. The fraction of sp³-hybridized carbons (Fsp3) is 0.857. The Balaban J connectivity index is 2.16. The van der Waals surface area contributed by atoms with Crippen LogP contribution >= 0.6 is 12.2 Å². The highest BCUT2D eigenvalue weighted by molar-refractivity contribution is 7.80. The molecule has 64 valence electrons. The second kappa shape index (κ2) is 3.36. The van der Waals surface area contributed by atoms with Gasteiger partial charge in [0.25, 0.3) is 0 Å². The van der Waals surface area contributed by atoms with Crippen LogP contribution in [0.3, 0.4) is 0 Å². The van der Waals surface area contributed by atoms with Crippen molar-refractivity contribution in [2.45, 2.75) is 6.92 Å². The molecule has 3 nitrogen and oxygen atoms in total. The molecule has 0 spiro atoms. The first-order chi connectivity index (χ1) is 5.16. The highest BCUT2D eigenvalue weighted by atomic mass is 32.1. The molecule has 1 rings (SSSR count). The molecule has 0 aromatic rings. The van der Waals surface area contributed by atoms with Gasteiger partial charge in [0.1, 0.15) is 0 Å². The van der Waals surface area contributed by atoms with Gasteiger partial charge >= 0.3 is 0 Å². The Hall–Kier alpha value is -0.350. The zero-order valence-electron chi connectivity index (χ0n) is 6.94. The van der Waals surface area contributed by atoms with Crippen LogP contribution < -0.4 is 10.6 Å². The lowest BCUT2D eigenvalue weighted by Crippen LogP contribution is -2.50. The molecular formula is C7H14N2OS. The van der Waals surface area contributed by atoms with Crippen molar-refractivity contribution in [1.29, 1.82) is 0 Å². The van der Waals surface area contributed by atoms with Gasteiger partial charge in [-0.15, -0.1) is 0 Å². The number of hydrogen-bond donors (Lipinski definition) is 2. The molecule has 1 saturated heterocycles. The van der Waals surface area contributed by atoms with Crippen LogP contribution in [0.5, 0.6) is 0 Å². The Morgan fingerprint density at radius 2 is 2.27 bits per heavy atom. The molecule has 0 aromatic heterocycles. The van der Waals surface area contributed by atoms with Crippen LogP contribution in [-0.2, 0) is 4.74 Å². The Kier molecular flexibility index (Phi) is 2.67. The Bertz CT molecular complexity index is 157. The Morgan fingerprint density at radius 1 is 1.64 bits per heavy atom. The van der Waals surface area contributed by atoms with Crippen molar-refractivity contribution in [1.82, 2.24) is 10.6 Å².